The zero-order valence-electron chi connectivity index (χ0n) is 12.1. The van der Waals surface area contributed by atoms with Crippen LogP contribution in [-0.2, 0) is 0 Å². The highest BCUT2D eigenvalue weighted by Crippen LogP contribution is 2.28. The molecule has 2 aromatic heterocycles. The Morgan fingerprint density at radius 1 is 1.30 bits per heavy atom. The van der Waals surface area contributed by atoms with Gasteiger partial charge in [0, 0.05) is 23.5 Å². The molecule has 0 aliphatic carbocycles. The summed E-state index contributed by atoms with van der Waals surface area (Å²) in [7, 11) is 1.48. The van der Waals surface area contributed by atoms with Gasteiger partial charge in [-0.25, -0.2) is 4.79 Å². The van der Waals surface area contributed by atoms with Crippen molar-refractivity contribution >= 4 is 11.8 Å². The van der Waals surface area contributed by atoms with Gasteiger partial charge in [-0.05, 0) is 24.3 Å². The molecule has 0 unspecified atom stereocenters. The van der Waals surface area contributed by atoms with E-state index in [1.54, 1.807) is 36.5 Å². The third-order valence-electron chi connectivity index (χ3n) is 2.96. The highest BCUT2D eigenvalue weighted by molar-refractivity contribution is 5.84. The van der Waals surface area contributed by atoms with Gasteiger partial charge in [-0.1, -0.05) is 11.2 Å². The lowest BCUT2D eigenvalue weighted by atomic mass is 10.2. The molecule has 0 aliphatic rings. The van der Waals surface area contributed by atoms with E-state index in [1.165, 1.54) is 7.11 Å². The zero-order valence-corrected chi connectivity index (χ0v) is 12.1. The van der Waals surface area contributed by atoms with Crippen molar-refractivity contribution in [1.82, 2.24) is 15.1 Å². The van der Waals surface area contributed by atoms with Crippen molar-refractivity contribution in [1.29, 1.82) is 0 Å². The summed E-state index contributed by atoms with van der Waals surface area (Å²) in [5, 5.41) is 15.0. The van der Waals surface area contributed by atoms with Crippen LogP contribution in [0.3, 0.4) is 0 Å². The highest BCUT2D eigenvalue weighted by atomic mass is 16.5. The number of ether oxygens (including phenoxy) is 1. The molecular formula is C15H12N4O4. The number of pyridine rings is 1. The molecule has 2 N–H and O–H groups in total. The molecule has 0 radical (unpaired) electrons. The molecule has 1 aromatic carbocycles. The van der Waals surface area contributed by atoms with Crippen molar-refractivity contribution in [3.63, 3.8) is 0 Å². The molecular weight excluding hydrogens is 300 g/mol. The van der Waals surface area contributed by atoms with E-state index in [1.807, 2.05) is 6.07 Å². The molecule has 0 fully saturated rings. The second-order valence-electron chi connectivity index (χ2n) is 4.52. The van der Waals surface area contributed by atoms with Gasteiger partial charge in [0.05, 0.1) is 7.11 Å². The van der Waals surface area contributed by atoms with Crippen LogP contribution in [0.2, 0.25) is 0 Å². The first-order valence-electron chi connectivity index (χ1n) is 6.60. The van der Waals surface area contributed by atoms with Crippen molar-refractivity contribution in [2.45, 2.75) is 0 Å². The second kappa shape index (κ2) is 6.14. The van der Waals surface area contributed by atoms with Crippen LogP contribution >= 0.6 is 0 Å². The Kier molecular flexibility index (Phi) is 3.88. The average Bonchev–Trinajstić information content (AvgIpc) is 3.05. The summed E-state index contributed by atoms with van der Waals surface area (Å²) in [4.78, 5) is 19.2. The summed E-state index contributed by atoms with van der Waals surface area (Å²) in [6.45, 7) is 0. The van der Waals surface area contributed by atoms with Crippen molar-refractivity contribution in [2.24, 2.45) is 0 Å². The summed E-state index contributed by atoms with van der Waals surface area (Å²) in [6.07, 6.45) is 0.454. The Labute approximate surface area is 130 Å². The van der Waals surface area contributed by atoms with Crippen LogP contribution < -0.4 is 10.1 Å². The number of aromatic nitrogens is 3. The maximum absolute atomic E-state index is 10.8. The van der Waals surface area contributed by atoms with Gasteiger partial charge in [-0.2, -0.15) is 4.98 Å². The van der Waals surface area contributed by atoms with Gasteiger partial charge >= 0.3 is 6.09 Å². The van der Waals surface area contributed by atoms with E-state index in [4.69, 9.17) is 14.4 Å². The van der Waals surface area contributed by atoms with E-state index < -0.39 is 6.09 Å². The van der Waals surface area contributed by atoms with E-state index in [2.05, 4.69) is 20.4 Å². The van der Waals surface area contributed by atoms with Gasteiger partial charge in [0.1, 0.15) is 11.4 Å². The summed E-state index contributed by atoms with van der Waals surface area (Å²) in [6, 6.07) is 10.2. The minimum absolute atomic E-state index is 0.234. The molecule has 0 saturated carbocycles. The molecule has 1 amide bonds. The Morgan fingerprint density at radius 2 is 2.17 bits per heavy atom. The minimum Gasteiger partial charge on any atom is -0.497 e. The number of rotatable bonds is 4. The molecule has 0 atom stereocenters. The predicted octanol–water partition coefficient (Wildman–Crippen LogP) is 2.90. The van der Waals surface area contributed by atoms with Crippen molar-refractivity contribution in [3.05, 3.63) is 42.6 Å². The molecule has 0 spiro atoms. The molecule has 3 rings (SSSR count). The Balaban J connectivity index is 1.98. The first kappa shape index (κ1) is 14.5. The maximum Gasteiger partial charge on any atom is 0.409 e. The van der Waals surface area contributed by atoms with Gasteiger partial charge in [0.2, 0.25) is 5.82 Å². The standard InChI is InChI=1S/C15H12N4O4/c1-22-11-7-9(6-10(8-11)17-15(20)21)14-18-13(19-23-14)12-4-2-3-5-16-12/h2-8,17H,1H3,(H,20,21). The molecule has 0 saturated heterocycles. The quantitative estimate of drug-likeness (QED) is 0.762. The number of amides is 1. The van der Waals surface area contributed by atoms with Crippen molar-refractivity contribution in [3.8, 4) is 28.7 Å². The molecule has 8 heteroatoms. The molecule has 2 heterocycles. The van der Waals surface area contributed by atoms with Crippen molar-refractivity contribution < 1.29 is 19.2 Å². The lowest BCUT2D eigenvalue weighted by molar-refractivity contribution is 0.209. The lowest BCUT2D eigenvalue weighted by Gasteiger charge is -2.06. The summed E-state index contributed by atoms with van der Waals surface area (Å²) < 4.78 is 10.4. The number of hydrogen-bond donors (Lipinski definition) is 2. The minimum atomic E-state index is -1.18. The number of benzene rings is 1. The van der Waals surface area contributed by atoms with Gasteiger partial charge in [0.25, 0.3) is 5.89 Å². The van der Waals surface area contributed by atoms with Gasteiger partial charge in [-0.15, -0.1) is 0 Å². The Hall–Kier alpha value is -3.42. The fourth-order valence-electron chi connectivity index (χ4n) is 1.98. The number of carbonyl (C=O) groups is 1. The molecule has 0 aliphatic heterocycles. The Morgan fingerprint density at radius 3 is 2.87 bits per heavy atom. The first-order valence-corrected chi connectivity index (χ1v) is 6.60. The summed E-state index contributed by atoms with van der Waals surface area (Å²) >= 11 is 0. The molecule has 116 valence electrons. The fraction of sp³-hybridized carbons (Fsp3) is 0.0667. The zero-order chi connectivity index (χ0) is 16.2. The SMILES string of the molecule is COc1cc(NC(=O)O)cc(-c2nc(-c3ccccn3)no2)c1. The maximum atomic E-state index is 10.8. The second-order valence-corrected chi connectivity index (χ2v) is 4.52. The van der Waals surface area contributed by atoms with Crippen LogP contribution in [0.1, 0.15) is 0 Å². The number of nitrogens with one attached hydrogen (secondary N) is 1. The Bertz CT molecular complexity index is 833. The van der Waals surface area contributed by atoms with Crippen LogP contribution in [0.25, 0.3) is 23.0 Å². The highest BCUT2D eigenvalue weighted by Gasteiger charge is 2.14. The third kappa shape index (κ3) is 3.26. The third-order valence-corrected chi connectivity index (χ3v) is 2.96. The number of methoxy groups -OCH3 is 1. The summed E-state index contributed by atoms with van der Waals surface area (Å²) in [5.41, 5.74) is 1.45. The normalized spacial score (nSPS) is 10.3. The lowest BCUT2D eigenvalue weighted by Crippen LogP contribution is -2.07. The average molecular weight is 312 g/mol. The first-order chi connectivity index (χ1) is 11.2. The van der Waals surface area contributed by atoms with Crippen LogP contribution in [0.15, 0.2) is 47.1 Å². The monoisotopic (exact) mass is 312 g/mol. The number of anilines is 1. The largest absolute Gasteiger partial charge is 0.497 e. The number of hydrogen-bond acceptors (Lipinski definition) is 6. The van der Waals surface area contributed by atoms with E-state index in [0.29, 0.717) is 28.5 Å². The van der Waals surface area contributed by atoms with Gasteiger partial charge in [-0.3, -0.25) is 10.3 Å². The topological polar surface area (TPSA) is 110 Å². The molecule has 3 aromatic rings. The predicted molar refractivity (Wildman–Crippen MR) is 81.2 cm³/mol. The number of nitrogens with zero attached hydrogens (tertiary/aromatic N) is 3. The van der Waals surface area contributed by atoms with Crippen LogP contribution in [0.4, 0.5) is 10.5 Å². The van der Waals surface area contributed by atoms with Gasteiger partial charge in [0.15, 0.2) is 0 Å². The number of carboxylic acid groups (broad SMARTS) is 1. The van der Waals surface area contributed by atoms with Crippen LogP contribution in [0.5, 0.6) is 5.75 Å². The van der Waals surface area contributed by atoms with E-state index in [9.17, 15) is 4.79 Å². The van der Waals surface area contributed by atoms with Crippen LogP contribution in [0, 0.1) is 0 Å². The van der Waals surface area contributed by atoms with Crippen molar-refractivity contribution in [2.75, 3.05) is 12.4 Å². The fourth-order valence-corrected chi connectivity index (χ4v) is 1.98. The molecule has 23 heavy (non-hydrogen) atoms. The molecule has 8 nitrogen and oxygen atoms in total. The van der Waals surface area contributed by atoms with E-state index >= 15 is 0 Å². The van der Waals surface area contributed by atoms with E-state index in [-0.39, 0.29) is 5.89 Å². The molecule has 0 bridgehead atoms. The summed E-state index contributed by atoms with van der Waals surface area (Å²) in [5.74, 6) is 1.04. The smallest absolute Gasteiger partial charge is 0.409 e. The van der Waals surface area contributed by atoms with Crippen LogP contribution in [-0.4, -0.2) is 33.4 Å². The van der Waals surface area contributed by atoms with E-state index in [0.717, 1.165) is 0 Å². The van der Waals surface area contributed by atoms with Gasteiger partial charge < -0.3 is 14.4 Å².